The van der Waals surface area contributed by atoms with Crippen LogP contribution in [-0.2, 0) is 22.9 Å². The lowest BCUT2D eigenvalue weighted by molar-refractivity contribution is 0.0690. The Morgan fingerprint density at radius 3 is 2.55 bits per heavy atom. The minimum atomic E-state index is -3.66. The molecular weight excluding hydrogens is 423 g/mol. The van der Waals surface area contributed by atoms with Gasteiger partial charge in [-0.2, -0.15) is 14.5 Å². The zero-order valence-corrected chi connectivity index (χ0v) is 17.5. The fourth-order valence-electron chi connectivity index (χ4n) is 4.24. The van der Waals surface area contributed by atoms with E-state index < -0.39 is 15.8 Å². The maximum absolute atomic E-state index is 14.4. The third-order valence-corrected chi connectivity index (χ3v) is 7.66. The van der Waals surface area contributed by atoms with E-state index in [-0.39, 0.29) is 37.1 Å². The third kappa shape index (κ3) is 3.33. The largest absolute Gasteiger partial charge is 0.335 e. The Balaban J connectivity index is 1.38. The molecule has 11 heteroatoms. The number of halogens is 1. The molecule has 0 unspecified atom stereocenters. The molecule has 3 aromatic rings. The maximum atomic E-state index is 14.4. The van der Waals surface area contributed by atoms with Crippen molar-refractivity contribution in [2.24, 2.45) is 0 Å². The highest BCUT2D eigenvalue weighted by atomic mass is 32.2. The molecule has 31 heavy (non-hydrogen) atoms. The average Bonchev–Trinajstić information content (AvgIpc) is 3.52. The normalized spacial score (nSPS) is 17.1. The highest BCUT2D eigenvalue weighted by Crippen LogP contribution is 2.29. The third-order valence-electron chi connectivity index (χ3n) is 5.83. The Labute approximate surface area is 178 Å². The summed E-state index contributed by atoms with van der Waals surface area (Å²) in [5.41, 5.74) is 2.39. The van der Waals surface area contributed by atoms with E-state index in [0.717, 1.165) is 30.5 Å². The van der Waals surface area contributed by atoms with Crippen molar-refractivity contribution in [1.29, 1.82) is 0 Å². The summed E-state index contributed by atoms with van der Waals surface area (Å²) in [6.07, 6.45) is 3.73. The lowest BCUT2D eigenvalue weighted by atomic mass is 10.1. The number of hydrogen-bond donors (Lipinski definition) is 1. The van der Waals surface area contributed by atoms with Crippen LogP contribution < -0.4 is 0 Å². The zero-order valence-electron chi connectivity index (χ0n) is 16.7. The fraction of sp³-hybridized carbons (Fsp3) is 0.350. The van der Waals surface area contributed by atoms with E-state index in [0.29, 0.717) is 11.4 Å². The van der Waals surface area contributed by atoms with Crippen molar-refractivity contribution in [1.82, 2.24) is 29.2 Å². The SMILES string of the molecule is O=C(c1nn(-c2ccccc2F)c2c1CCC2)N1CCN(S(=O)(=O)c2ccn[nH]2)CC1. The van der Waals surface area contributed by atoms with Crippen molar-refractivity contribution in [3.05, 3.63) is 59.3 Å². The minimum absolute atomic E-state index is 0.0359. The Kier molecular flexibility index (Phi) is 4.86. The number of fused-ring (bicyclic) bond motifs is 1. The molecule has 1 aliphatic carbocycles. The summed E-state index contributed by atoms with van der Waals surface area (Å²) in [5, 5.41) is 10.7. The molecule has 5 rings (SSSR count). The van der Waals surface area contributed by atoms with Crippen LogP contribution in [0.15, 0.2) is 41.6 Å². The summed E-state index contributed by atoms with van der Waals surface area (Å²) in [5.74, 6) is -0.636. The van der Waals surface area contributed by atoms with Crippen molar-refractivity contribution in [2.75, 3.05) is 26.2 Å². The molecule has 1 N–H and O–H groups in total. The second-order valence-corrected chi connectivity index (χ2v) is 9.51. The topological polar surface area (TPSA) is 104 Å². The molecule has 1 aliphatic heterocycles. The second kappa shape index (κ2) is 7.57. The summed E-state index contributed by atoms with van der Waals surface area (Å²) >= 11 is 0. The molecular formula is C20H21FN6O3S. The fourth-order valence-corrected chi connectivity index (χ4v) is 5.56. The standard InChI is InChI=1S/C20H21FN6O3S/c21-15-5-1-2-6-17(15)27-16-7-3-4-14(16)19(24-27)20(28)25-10-12-26(13-11-25)31(29,30)18-8-9-22-23-18/h1-2,5-6,8-9H,3-4,7,10-13H2,(H,22,23). The van der Waals surface area contributed by atoms with Gasteiger partial charge in [0.15, 0.2) is 10.7 Å². The number of rotatable bonds is 4. The first-order chi connectivity index (χ1) is 15.0. The number of nitrogens with one attached hydrogen (secondary N) is 1. The quantitative estimate of drug-likeness (QED) is 0.655. The van der Waals surface area contributed by atoms with E-state index in [4.69, 9.17) is 0 Å². The van der Waals surface area contributed by atoms with Gasteiger partial charge in [0.05, 0.1) is 6.20 Å². The van der Waals surface area contributed by atoms with E-state index in [2.05, 4.69) is 15.3 Å². The molecule has 1 aromatic carbocycles. The number of amides is 1. The number of aromatic amines is 1. The van der Waals surface area contributed by atoms with Gasteiger partial charge >= 0.3 is 0 Å². The number of aromatic nitrogens is 4. The van der Waals surface area contributed by atoms with Gasteiger partial charge in [-0.15, -0.1) is 0 Å². The van der Waals surface area contributed by atoms with Crippen LogP contribution in [0.25, 0.3) is 5.69 Å². The smallest absolute Gasteiger partial charge is 0.274 e. The number of carbonyl (C=O) groups is 1. The van der Waals surface area contributed by atoms with Gasteiger partial charge in [0.1, 0.15) is 11.5 Å². The second-order valence-electron chi connectivity index (χ2n) is 7.61. The Hall–Kier alpha value is -3.05. The monoisotopic (exact) mass is 444 g/mol. The van der Waals surface area contributed by atoms with Crippen LogP contribution in [0.2, 0.25) is 0 Å². The van der Waals surface area contributed by atoms with Crippen molar-refractivity contribution in [2.45, 2.75) is 24.3 Å². The summed E-state index contributed by atoms with van der Waals surface area (Å²) in [7, 11) is -3.66. The molecule has 0 saturated carbocycles. The van der Waals surface area contributed by atoms with Crippen LogP contribution in [0.3, 0.4) is 0 Å². The summed E-state index contributed by atoms with van der Waals surface area (Å²) in [6.45, 7) is 0.883. The van der Waals surface area contributed by atoms with Crippen molar-refractivity contribution in [3.63, 3.8) is 0 Å². The molecule has 1 amide bonds. The summed E-state index contributed by atoms with van der Waals surface area (Å²) < 4.78 is 42.5. The first kappa shape index (κ1) is 19.9. The van der Waals surface area contributed by atoms with Crippen LogP contribution in [0.4, 0.5) is 4.39 Å². The van der Waals surface area contributed by atoms with Gasteiger partial charge in [-0.1, -0.05) is 12.1 Å². The average molecular weight is 444 g/mol. The number of sulfonamides is 1. The number of piperazine rings is 1. The van der Waals surface area contributed by atoms with Gasteiger partial charge < -0.3 is 4.90 Å². The van der Waals surface area contributed by atoms with Gasteiger partial charge in [0, 0.05) is 37.4 Å². The van der Waals surface area contributed by atoms with E-state index in [1.807, 2.05) is 0 Å². The van der Waals surface area contributed by atoms with Gasteiger partial charge in [-0.25, -0.2) is 17.5 Å². The number of para-hydroxylation sites is 1. The van der Waals surface area contributed by atoms with Crippen LogP contribution in [0.5, 0.6) is 0 Å². The molecule has 162 valence electrons. The van der Waals surface area contributed by atoms with Crippen molar-refractivity contribution >= 4 is 15.9 Å². The highest BCUT2D eigenvalue weighted by molar-refractivity contribution is 7.89. The van der Waals surface area contributed by atoms with E-state index in [9.17, 15) is 17.6 Å². The molecule has 0 radical (unpaired) electrons. The lowest BCUT2D eigenvalue weighted by Crippen LogP contribution is -2.50. The Morgan fingerprint density at radius 1 is 1.06 bits per heavy atom. The first-order valence-electron chi connectivity index (χ1n) is 10.1. The molecule has 9 nitrogen and oxygen atoms in total. The van der Waals surface area contributed by atoms with Crippen LogP contribution in [0.1, 0.15) is 28.2 Å². The number of H-pyrrole nitrogens is 1. The molecule has 0 atom stereocenters. The lowest BCUT2D eigenvalue weighted by Gasteiger charge is -2.33. The van der Waals surface area contributed by atoms with Crippen LogP contribution in [-0.4, -0.2) is 69.7 Å². The highest BCUT2D eigenvalue weighted by Gasteiger charge is 2.34. The predicted octanol–water partition coefficient (Wildman–Crippen LogP) is 1.37. The summed E-state index contributed by atoms with van der Waals surface area (Å²) in [4.78, 5) is 14.9. The van der Waals surface area contributed by atoms with Crippen LogP contribution in [0, 0.1) is 5.82 Å². The summed E-state index contributed by atoms with van der Waals surface area (Å²) in [6, 6.07) is 7.78. The van der Waals surface area contributed by atoms with Gasteiger partial charge in [-0.3, -0.25) is 9.89 Å². The molecule has 3 heterocycles. The van der Waals surface area contributed by atoms with E-state index in [1.165, 1.54) is 22.6 Å². The van der Waals surface area contributed by atoms with Crippen LogP contribution >= 0.6 is 0 Å². The maximum Gasteiger partial charge on any atom is 0.274 e. The van der Waals surface area contributed by atoms with Crippen molar-refractivity contribution < 1.29 is 17.6 Å². The molecule has 1 fully saturated rings. The first-order valence-corrected chi connectivity index (χ1v) is 11.6. The number of carbonyl (C=O) groups excluding carboxylic acids is 1. The van der Waals surface area contributed by atoms with Crippen molar-refractivity contribution in [3.8, 4) is 5.69 Å². The van der Waals surface area contributed by atoms with Gasteiger partial charge in [0.25, 0.3) is 15.9 Å². The minimum Gasteiger partial charge on any atom is -0.335 e. The Bertz CT molecular complexity index is 1230. The molecule has 0 bridgehead atoms. The van der Waals surface area contributed by atoms with Gasteiger partial charge in [0.2, 0.25) is 0 Å². The van der Waals surface area contributed by atoms with E-state index in [1.54, 1.807) is 27.8 Å². The van der Waals surface area contributed by atoms with Gasteiger partial charge in [-0.05, 0) is 37.5 Å². The van der Waals surface area contributed by atoms with E-state index >= 15 is 0 Å². The Morgan fingerprint density at radius 2 is 1.84 bits per heavy atom. The number of hydrogen-bond acceptors (Lipinski definition) is 5. The molecule has 2 aromatic heterocycles. The molecule has 0 spiro atoms. The number of benzene rings is 1. The number of nitrogens with zero attached hydrogens (tertiary/aromatic N) is 5. The zero-order chi connectivity index (χ0) is 21.6. The predicted molar refractivity (Wildman–Crippen MR) is 109 cm³/mol. The molecule has 1 saturated heterocycles. The molecule has 2 aliphatic rings.